The molecule has 1 heterocycles. The van der Waals surface area contributed by atoms with Crippen LogP contribution in [0, 0.1) is 0 Å². The lowest BCUT2D eigenvalue weighted by Gasteiger charge is -2.24. The summed E-state index contributed by atoms with van der Waals surface area (Å²) < 4.78 is 0. The molecule has 1 unspecified atom stereocenters. The summed E-state index contributed by atoms with van der Waals surface area (Å²) in [7, 11) is 0. The summed E-state index contributed by atoms with van der Waals surface area (Å²) in [6, 6.07) is 9.00. The molecule has 1 atom stereocenters. The number of thiocarbonyl (C=S) groups is 1. The Bertz CT molecular complexity index is 602. The molecule has 0 bridgehead atoms. The van der Waals surface area contributed by atoms with Crippen LogP contribution in [0.3, 0.4) is 0 Å². The third kappa shape index (κ3) is 2.45. The van der Waals surface area contributed by atoms with E-state index in [9.17, 15) is 0 Å². The van der Waals surface area contributed by atoms with Crippen molar-refractivity contribution in [1.29, 1.82) is 0 Å². The van der Waals surface area contributed by atoms with Gasteiger partial charge >= 0.3 is 0 Å². The molecule has 2 aromatic rings. The van der Waals surface area contributed by atoms with Gasteiger partial charge in [0.05, 0.1) is 0 Å². The minimum Gasteiger partial charge on any atom is -0.363 e. The monoisotopic (exact) mass is 273 g/mol. The zero-order valence-corrected chi connectivity index (χ0v) is 11.9. The predicted octanol–water partition coefficient (Wildman–Crippen LogP) is 2.51. The lowest BCUT2D eigenvalue weighted by molar-refractivity contribution is 0.522. The second-order valence-corrected chi connectivity index (χ2v) is 5.48. The zero-order chi connectivity index (χ0) is 13.2. The van der Waals surface area contributed by atoms with Crippen molar-refractivity contribution in [2.45, 2.75) is 32.2 Å². The van der Waals surface area contributed by atoms with Gasteiger partial charge in [0.2, 0.25) is 0 Å². The Labute approximate surface area is 118 Å². The van der Waals surface area contributed by atoms with Crippen molar-refractivity contribution in [2.75, 3.05) is 6.54 Å². The molecule has 1 aliphatic carbocycles. The van der Waals surface area contributed by atoms with E-state index in [0.717, 1.165) is 30.9 Å². The molecule has 0 fully saturated rings. The number of benzene rings is 1. The molecule has 0 amide bonds. The molecule has 1 aromatic heterocycles. The van der Waals surface area contributed by atoms with Gasteiger partial charge in [0, 0.05) is 35.6 Å². The molecule has 1 aromatic carbocycles. The number of para-hydroxylation sites is 1. The van der Waals surface area contributed by atoms with Crippen LogP contribution in [0.4, 0.5) is 0 Å². The third-order valence-electron chi connectivity index (χ3n) is 3.77. The maximum Gasteiger partial charge on any atom is 0.166 e. The summed E-state index contributed by atoms with van der Waals surface area (Å²) in [4.78, 5) is 3.55. The van der Waals surface area contributed by atoms with Gasteiger partial charge in [-0.3, -0.25) is 0 Å². The van der Waals surface area contributed by atoms with E-state index >= 15 is 0 Å². The van der Waals surface area contributed by atoms with Gasteiger partial charge in [0.25, 0.3) is 0 Å². The van der Waals surface area contributed by atoms with E-state index in [2.05, 4.69) is 46.8 Å². The number of fused-ring (bicyclic) bond motifs is 3. The van der Waals surface area contributed by atoms with Crippen LogP contribution in [-0.4, -0.2) is 22.7 Å². The molecule has 3 nitrogen and oxygen atoms in total. The highest BCUT2D eigenvalue weighted by Gasteiger charge is 2.22. The van der Waals surface area contributed by atoms with Crippen LogP contribution in [0.25, 0.3) is 10.9 Å². The van der Waals surface area contributed by atoms with E-state index in [1.807, 2.05) is 0 Å². The van der Waals surface area contributed by atoms with Gasteiger partial charge in [0.1, 0.15) is 0 Å². The van der Waals surface area contributed by atoms with E-state index in [0.29, 0.717) is 6.04 Å². The summed E-state index contributed by atoms with van der Waals surface area (Å²) in [6.07, 6.45) is 3.28. The van der Waals surface area contributed by atoms with Crippen LogP contribution < -0.4 is 10.6 Å². The van der Waals surface area contributed by atoms with Crippen molar-refractivity contribution in [3.63, 3.8) is 0 Å². The third-order valence-corrected chi connectivity index (χ3v) is 4.03. The second-order valence-electron chi connectivity index (χ2n) is 5.07. The molecule has 0 saturated heterocycles. The van der Waals surface area contributed by atoms with Gasteiger partial charge in [0.15, 0.2) is 5.11 Å². The lowest BCUT2D eigenvalue weighted by Crippen LogP contribution is -2.44. The van der Waals surface area contributed by atoms with Crippen LogP contribution in [0.5, 0.6) is 0 Å². The fraction of sp³-hybridized carbons (Fsp3) is 0.400. The first-order valence-electron chi connectivity index (χ1n) is 6.90. The molecule has 100 valence electrons. The number of aromatic amines is 1. The van der Waals surface area contributed by atoms with Crippen molar-refractivity contribution in [3.8, 4) is 0 Å². The molecule has 19 heavy (non-hydrogen) atoms. The first kappa shape index (κ1) is 12.5. The average molecular weight is 273 g/mol. The number of hydrogen-bond donors (Lipinski definition) is 3. The van der Waals surface area contributed by atoms with E-state index in [1.165, 1.54) is 22.2 Å². The van der Waals surface area contributed by atoms with E-state index in [1.54, 1.807) is 0 Å². The van der Waals surface area contributed by atoms with Gasteiger partial charge in [-0.2, -0.15) is 0 Å². The van der Waals surface area contributed by atoms with Crippen molar-refractivity contribution in [3.05, 3.63) is 35.5 Å². The first-order valence-corrected chi connectivity index (χ1v) is 7.31. The SMILES string of the molecule is CCNC(=S)NC1CCc2c([nH]c3ccccc23)C1. The minimum atomic E-state index is 0.437. The zero-order valence-electron chi connectivity index (χ0n) is 11.1. The summed E-state index contributed by atoms with van der Waals surface area (Å²) in [6.45, 7) is 2.93. The average Bonchev–Trinajstić information content (AvgIpc) is 2.76. The van der Waals surface area contributed by atoms with Gasteiger partial charge in [-0.1, -0.05) is 18.2 Å². The normalized spacial score (nSPS) is 18.1. The Hall–Kier alpha value is -1.55. The van der Waals surface area contributed by atoms with Crippen molar-refractivity contribution in [2.24, 2.45) is 0 Å². The molecular weight excluding hydrogens is 254 g/mol. The molecule has 0 radical (unpaired) electrons. The van der Waals surface area contributed by atoms with Crippen molar-refractivity contribution >= 4 is 28.2 Å². The molecule has 0 spiro atoms. The number of rotatable bonds is 2. The highest BCUT2D eigenvalue weighted by molar-refractivity contribution is 7.80. The summed E-state index contributed by atoms with van der Waals surface area (Å²) in [5.74, 6) is 0. The summed E-state index contributed by atoms with van der Waals surface area (Å²) in [5, 5.41) is 8.71. The van der Waals surface area contributed by atoms with Crippen LogP contribution in [0.2, 0.25) is 0 Å². The number of H-pyrrole nitrogens is 1. The summed E-state index contributed by atoms with van der Waals surface area (Å²) in [5.41, 5.74) is 4.11. The Morgan fingerprint density at radius 2 is 2.26 bits per heavy atom. The molecule has 0 saturated carbocycles. The highest BCUT2D eigenvalue weighted by atomic mass is 32.1. The Morgan fingerprint density at radius 1 is 1.42 bits per heavy atom. The molecule has 4 heteroatoms. The Kier molecular flexibility index (Phi) is 3.42. The maximum absolute atomic E-state index is 5.26. The van der Waals surface area contributed by atoms with Gasteiger partial charge in [-0.25, -0.2) is 0 Å². The van der Waals surface area contributed by atoms with Crippen molar-refractivity contribution in [1.82, 2.24) is 15.6 Å². The van der Waals surface area contributed by atoms with E-state index in [-0.39, 0.29) is 0 Å². The fourth-order valence-electron chi connectivity index (χ4n) is 2.90. The number of hydrogen-bond acceptors (Lipinski definition) is 1. The molecular formula is C15H19N3S. The molecule has 1 aliphatic rings. The number of aromatic nitrogens is 1. The fourth-order valence-corrected chi connectivity index (χ4v) is 3.21. The van der Waals surface area contributed by atoms with Gasteiger partial charge in [-0.05, 0) is 43.6 Å². The predicted molar refractivity (Wildman–Crippen MR) is 83.5 cm³/mol. The lowest BCUT2D eigenvalue weighted by atomic mass is 9.92. The largest absolute Gasteiger partial charge is 0.363 e. The molecule has 3 N–H and O–H groups in total. The van der Waals surface area contributed by atoms with E-state index < -0.39 is 0 Å². The quantitative estimate of drug-likeness (QED) is 0.736. The smallest absolute Gasteiger partial charge is 0.166 e. The second kappa shape index (κ2) is 5.21. The topological polar surface area (TPSA) is 39.8 Å². The summed E-state index contributed by atoms with van der Waals surface area (Å²) >= 11 is 5.26. The van der Waals surface area contributed by atoms with Gasteiger partial charge < -0.3 is 15.6 Å². The molecule has 0 aliphatic heterocycles. The maximum atomic E-state index is 5.26. The van der Waals surface area contributed by atoms with E-state index in [4.69, 9.17) is 12.2 Å². The van der Waals surface area contributed by atoms with Crippen LogP contribution in [0.15, 0.2) is 24.3 Å². The molecule has 3 rings (SSSR count). The Balaban J connectivity index is 1.78. The standard InChI is InChI=1S/C15H19N3S/c1-2-16-15(19)17-10-7-8-12-11-5-3-4-6-13(11)18-14(12)9-10/h3-6,10,18H,2,7-9H2,1H3,(H2,16,17,19). The van der Waals surface area contributed by atoms with Crippen LogP contribution >= 0.6 is 12.2 Å². The Morgan fingerprint density at radius 3 is 3.11 bits per heavy atom. The first-order chi connectivity index (χ1) is 9.28. The number of aryl methyl sites for hydroxylation is 1. The highest BCUT2D eigenvalue weighted by Crippen LogP contribution is 2.28. The number of nitrogens with one attached hydrogen (secondary N) is 3. The van der Waals surface area contributed by atoms with Gasteiger partial charge in [-0.15, -0.1) is 0 Å². The van der Waals surface area contributed by atoms with Crippen LogP contribution in [0.1, 0.15) is 24.6 Å². The van der Waals surface area contributed by atoms with Crippen molar-refractivity contribution < 1.29 is 0 Å². The minimum absolute atomic E-state index is 0.437. The van der Waals surface area contributed by atoms with Crippen LogP contribution in [-0.2, 0) is 12.8 Å².